The summed E-state index contributed by atoms with van der Waals surface area (Å²) < 4.78 is 52.9. The Morgan fingerprint density at radius 2 is 1.62 bits per heavy atom. The van der Waals surface area contributed by atoms with Crippen LogP contribution < -0.4 is 4.74 Å². The van der Waals surface area contributed by atoms with Gasteiger partial charge in [0.25, 0.3) is 0 Å². The van der Waals surface area contributed by atoms with Gasteiger partial charge < -0.3 is 9.47 Å². The third-order valence-corrected chi connectivity index (χ3v) is 5.69. The van der Waals surface area contributed by atoms with Crippen molar-refractivity contribution >= 4 is 0 Å². The standard InChI is InChI=1S/C24H29F3O2/c1-3-17(2)18-13-15-20(16-14-18)29-23(28-19-9-5-4-6-10-19)21-11-7-8-12-22(21)24(25,26)27/h7-8,11-17,19,23H,3-6,9-10H2,1-2H3. The Balaban J connectivity index is 1.87. The highest BCUT2D eigenvalue weighted by Crippen LogP contribution is 2.38. The Kier molecular flexibility index (Phi) is 7.23. The van der Waals surface area contributed by atoms with Gasteiger partial charge in [-0.2, -0.15) is 13.2 Å². The van der Waals surface area contributed by atoms with Crippen LogP contribution >= 0.6 is 0 Å². The number of rotatable bonds is 7. The summed E-state index contributed by atoms with van der Waals surface area (Å²) in [6, 6.07) is 13.1. The molecule has 2 atom stereocenters. The third-order valence-electron chi connectivity index (χ3n) is 5.69. The SMILES string of the molecule is CCC(C)c1ccc(OC(OC2CCCCC2)c2ccccc2C(F)(F)F)cc1. The topological polar surface area (TPSA) is 18.5 Å². The molecule has 0 aliphatic heterocycles. The van der Waals surface area contributed by atoms with Gasteiger partial charge in [-0.3, -0.25) is 0 Å². The molecule has 0 saturated heterocycles. The lowest BCUT2D eigenvalue weighted by Gasteiger charge is -2.29. The second-order valence-corrected chi connectivity index (χ2v) is 7.81. The van der Waals surface area contributed by atoms with Crippen molar-refractivity contribution in [1.29, 1.82) is 0 Å². The molecule has 0 heterocycles. The molecule has 2 aromatic carbocycles. The van der Waals surface area contributed by atoms with Gasteiger partial charge in [-0.25, -0.2) is 0 Å². The number of hydrogen-bond donors (Lipinski definition) is 0. The van der Waals surface area contributed by atoms with E-state index in [1.165, 1.54) is 17.7 Å². The molecule has 29 heavy (non-hydrogen) atoms. The van der Waals surface area contributed by atoms with Gasteiger partial charge in [0.1, 0.15) is 5.75 Å². The number of hydrogen-bond acceptors (Lipinski definition) is 2. The molecule has 0 radical (unpaired) electrons. The highest BCUT2D eigenvalue weighted by molar-refractivity contribution is 5.33. The largest absolute Gasteiger partial charge is 0.461 e. The molecular formula is C24H29F3O2. The Labute approximate surface area is 171 Å². The fourth-order valence-electron chi connectivity index (χ4n) is 3.74. The molecule has 2 nitrogen and oxygen atoms in total. The van der Waals surface area contributed by atoms with Crippen LogP contribution in [0.15, 0.2) is 48.5 Å². The monoisotopic (exact) mass is 406 g/mol. The molecule has 1 fully saturated rings. The summed E-state index contributed by atoms with van der Waals surface area (Å²) in [7, 11) is 0. The van der Waals surface area contributed by atoms with Crippen LogP contribution in [0.25, 0.3) is 0 Å². The quantitative estimate of drug-likeness (QED) is 0.440. The van der Waals surface area contributed by atoms with Crippen molar-refractivity contribution in [2.24, 2.45) is 0 Å². The summed E-state index contributed by atoms with van der Waals surface area (Å²) in [6.45, 7) is 4.27. The van der Waals surface area contributed by atoms with E-state index < -0.39 is 18.0 Å². The van der Waals surface area contributed by atoms with Gasteiger partial charge in [0, 0.05) is 5.56 Å². The first-order valence-corrected chi connectivity index (χ1v) is 10.5. The zero-order valence-electron chi connectivity index (χ0n) is 17.0. The van der Waals surface area contributed by atoms with Crippen LogP contribution in [0.3, 0.4) is 0 Å². The van der Waals surface area contributed by atoms with E-state index in [9.17, 15) is 13.2 Å². The van der Waals surface area contributed by atoms with Crippen molar-refractivity contribution in [3.05, 3.63) is 65.2 Å². The van der Waals surface area contributed by atoms with Gasteiger partial charge in [-0.15, -0.1) is 0 Å². The predicted molar refractivity (Wildman–Crippen MR) is 108 cm³/mol. The van der Waals surface area contributed by atoms with Crippen LogP contribution in [0, 0.1) is 0 Å². The maximum absolute atomic E-state index is 13.6. The average molecular weight is 406 g/mol. The van der Waals surface area contributed by atoms with Gasteiger partial charge >= 0.3 is 6.18 Å². The van der Waals surface area contributed by atoms with Gasteiger partial charge in [0.2, 0.25) is 6.29 Å². The van der Waals surface area contributed by atoms with E-state index in [0.29, 0.717) is 11.7 Å². The van der Waals surface area contributed by atoms with Crippen LogP contribution in [-0.2, 0) is 10.9 Å². The molecule has 0 N–H and O–H groups in total. The molecule has 5 heteroatoms. The van der Waals surface area contributed by atoms with Gasteiger partial charge in [0.15, 0.2) is 0 Å². The second kappa shape index (κ2) is 9.66. The molecule has 0 amide bonds. The van der Waals surface area contributed by atoms with Gasteiger partial charge in [-0.1, -0.05) is 63.4 Å². The first-order chi connectivity index (χ1) is 13.9. The van der Waals surface area contributed by atoms with E-state index in [-0.39, 0.29) is 11.7 Å². The van der Waals surface area contributed by atoms with E-state index in [0.717, 1.165) is 44.6 Å². The van der Waals surface area contributed by atoms with E-state index in [4.69, 9.17) is 9.47 Å². The molecule has 2 aromatic rings. The number of benzene rings is 2. The first-order valence-electron chi connectivity index (χ1n) is 10.5. The third kappa shape index (κ3) is 5.75. The number of alkyl halides is 3. The first kappa shape index (κ1) is 21.7. The minimum Gasteiger partial charge on any atom is -0.461 e. The van der Waals surface area contributed by atoms with Crippen molar-refractivity contribution in [2.45, 2.75) is 76.9 Å². The second-order valence-electron chi connectivity index (χ2n) is 7.81. The van der Waals surface area contributed by atoms with Crippen LogP contribution in [0.5, 0.6) is 5.75 Å². The smallest absolute Gasteiger partial charge is 0.416 e. The van der Waals surface area contributed by atoms with Crippen LogP contribution in [0.2, 0.25) is 0 Å². The summed E-state index contributed by atoms with van der Waals surface area (Å²) in [5.41, 5.74) is 0.494. The van der Waals surface area contributed by atoms with Crippen LogP contribution in [-0.4, -0.2) is 6.10 Å². The Morgan fingerprint density at radius 3 is 2.24 bits per heavy atom. The van der Waals surface area contributed by atoms with Gasteiger partial charge in [-0.05, 0) is 48.9 Å². The summed E-state index contributed by atoms with van der Waals surface area (Å²) >= 11 is 0. The minimum absolute atomic E-state index is 0.0246. The van der Waals surface area contributed by atoms with Crippen LogP contribution in [0.4, 0.5) is 13.2 Å². The molecule has 1 aliphatic carbocycles. The van der Waals surface area contributed by atoms with Crippen LogP contribution in [0.1, 0.15) is 81.3 Å². The van der Waals surface area contributed by atoms with Crippen molar-refractivity contribution < 1.29 is 22.6 Å². The van der Waals surface area contributed by atoms with E-state index >= 15 is 0 Å². The molecule has 1 aliphatic rings. The van der Waals surface area contributed by atoms with E-state index in [1.54, 1.807) is 6.07 Å². The summed E-state index contributed by atoms with van der Waals surface area (Å²) in [5.74, 6) is 0.930. The molecule has 0 spiro atoms. The highest BCUT2D eigenvalue weighted by atomic mass is 19.4. The van der Waals surface area contributed by atoms with Crippen molar-refractivity contribution in [1.82, 2.24) is 0 Å². The fraction of sp³-hybridized carbons (Fsp3) is 0.500. The lowest BCUT2D eigenvalue weighted by Crippen LogP contribution is -2.25. The zero-order valence-corrected chi connectivity index (χ0v) is 17.0. The van der Waals surface area contributed by atoms with Crippen molar-refractivity contribution in [2.75, 3.05) is 0 Å². The molecule has 3 rings (SSSR count). The summed E-state index contributed by atoms with van der Waals surface area (Å²) in [5, 5.41) is 0. The predicted octanol–water partition coefficient (Wildman–Crippen LogP) is 7.65. The Morgan fingerprint density at radius 1 is 0.966 bits per heavy atom. The maximum Gasteiger partial charge on any atom is 0.416 e. The molecule has 0 aromatic heterocycles. The molecule has 0 bridgehead atoms. The van der Waals surface area contributed by atoms with Crippen molar-refractivity contribution in [3.63, 3.8) is 0 Å². The van der Waals surface area contributed by atoms with E-state index in [2.05, 4.69) is 13.8 Å². The Hall–Kier alpha value is -2.01. The lowest BCUT2D eigenvalue weighted by atomic mass is 9.97. The average Bonchev–Trinajstić information content (AvgIpc) is 2.73. The summed E-state index contributed by atoms with van der Waals surface area (Å²) in [4.78, 5) is 0. The summed E-state index contributed by atoms with van der Waals surface area (Å²) in [6.07, 6.45) is 0.272. The Bertz CT molecular complexity index is 764. The normalized spacial score (nSPS) is 17.7. The number of ether oxygens (including phenoxy) is 2. The van der Waals surface area contributed by atoms with E-state index in [1.807, 2.05) is 24.3 Å². The minimum atomic E-state index is -4.46. The highest BCUT2D eigenvalue weighted by Gasteiger charge is 2.36. The number of halogens is 3. The van der Waals surface area contributed by atoms with Crippen molar-refractivity contribution in [3.8, 4) is 5.75 Å². The zero-order chi connectivity index (χ0) is 20.9. The molecule has 1 saturated carbocycles. The fourth-order valence-corrected chi connectivity index (χ4v) is 3.74. The van der Waals surface area contributed by atoms with Gasteiger partial charge in [0.05, 0.1) is 11.7 Å². The molecule has 2 unspecified atom stereocenters. The lowest BCUT2D eigenvalue weighted by molar-refractivity contribution is -0.153. The maximum atomic E-state index is 13.6. The molecular weight excluding hydrogens is 377 g/mol. The molecule has 158 valence electrons.